The summed E-state index contributed by atoms with van der Waals surface area (Å²) in [7, 11) is -1.72. The predicted molar refractivity (Wildman–Crippen MR) is 83.4 cm³/mol. The molecule has 0 radical (unpaired) electrons. The molecule has 23 heavy (non-hydrogen) atoms. The Hall–Kier alpha value is -1.64. The Kier molecular flexibility index (Phi) is 4.31. The van der Waals surface area contributed by atoms with Crippen molar-refractivity contribution in [3.8, 4) is 0 Å². The van der Waals surface area contributed by atoms with Crippen LogP contribution in [0.4, 0.5) is 0 Å². The van der Waals surface area contributed by atoms with Crippen LogP contribution in [0.25, 0.3) is 0 Å². The molecule has 1 aliphatic heterocycles. The maximum atomic E-state index is 12.2. The molecule has 2 aromatic rings. The molecular weight excluding hydrogens is 318 g/mol. The summed E-state index contributed by atoms with van der Waals surface area (Å²) in [5, 5.41) is 4.35. The van der Waals surface area contributed by atoms with E-state index in [4.69, 9.17) is 9.15 Å². The van der Waals surface area contributed by atoms with Gasteiger partial charge in [-0.3, -0.25) is 4.68 Å². The van der Waals surface area contributed by atoms with E-state index in [9.17, 15) is 8.42 Å². The van der Waals surface area contributed by atoms with E-state index in [0.717, 1.165) is 23.4 Å². The number of aromatic nitrogens is 2. The second-order valence-electron chi connectivity index (χ2n) is 5.83. The number of nitrogens with one attached hydrogen (secondary N) is 1. The van der Waals surface area contributed by atoms with Crippen LogP contribution in [0.3, 0.4) is 0 Å². The first-order chi connectivity index (χ1) is 10.9. The molecule has 0 bridgehead atoms. The van der Waals surface area contributed by atoms with E-state index in [-0.39, 0.29) is 17.1 Å². The molecule has 1 fully saturated rings. The van der Waals surface area contributed by atoms with Crippen molar-refractivity contribution < 1.29 is 17.6 Å². The smallest absolute Gasteiger partial charge is 0.273 e. The summed E-state index contributed by atoms with van der Waals surface area (Å²) in [4.78, 5) is 0. The summed E-state index contributed by atoms with van der Waals surface area (Å²) in [5.41, 5.74) is 3.04. The van der Waals surface area contributed by atoms with Crippen molar-refractivity contribution >= 4 is 10.0 Å². The van der Waals surface area contributed by atoms with Crippen LogP contribution in [0.5, 0.6) is 0 Å². The lowest BCUT2D eigenvalue weighted by Gasteiger charge is -2.19. The fourth-order valence-corrected chi connectivity index (χ4v) is 4.08. The highest BCUT2D eigenvalue weighted by atomic mass is 32.2. The molecule has 0 unspecified atom stereocenters. The molecule has 3 rings (SSSR count). The quantitative estimate of drug-likeness (QED) is 0.896. The van der Waals surface area contributed by atoms with Crippen molar-refractivity contribution in [2.75, 3.05) is 13.2 Å². The monoisotopic (exact) mass is 339 g/mol. The standard InChI is InChI=1S/C15H21N3O4S/c1-10-14(11(2)18(3)17-10)15-12(6-8-22-15)9-16-23(19,20)13-5-4-7-21-13/h4-5,7,12,15-16H,6,8-9H2,1-3H3/t12-,15+/m1/s1. The zero-order valence-corrected chi connectivity index (χ0v) is 14.3. The maximum absolute atomic E-state index is 12.2. The third-order valence-corrected chi connectivity index (χ3v) is 5.67. The van der Waals surface area contributed by atoms with Crippen molar-refractivity contribution in [3.05, 3.63) is 35.3 Å². The number of hydrogen-bond donors (Lipinski definition) is 1. The highest BCUT2D eigenvalue weighted by Crippen LogP contribution is 2.37. The Bertz CT molecular complexity index is 780. The van der Waals surface area contributed by atoms with Gasteiger partial charge in [-0.05, 0) is 32.4 Å². The van der Waals surface area contributed by atoms with Gasteiger partial charge in [-0.1, -0.05) is 0 Å². The zero-order chi connectivity index (χ0) is 16.6. The third-order valence-electron chi connectivity index (χ3n) is 4.36. The minimum atomic E-state index is -3.62. The molecule has 126 valence electrons. The number of aryl methyl sites for hydroxylation is 2. The molecule has 2 aromatic heterocycles. The van der Waals surface area contributed by atoms with E-state index in [1.807, 2.05) is 25.6 Å². The lowest BCUT2D eigenvalue weighted by molar-refractivity contribution is 0.0906. The van der Waals surface area contributed by atoms with Gasteiger partial charge < -0.3 is 9.15 Å². The van der Waals surface area contributed by atoms with Crippen molar-refractivity contribution in [1.29, 1.82) is 0 Å². The van der Waals surface area contributed by atoms with Crippen LogP contribution in [-0.2, 0) is 21.8 Å². The zero-order valence-electron chi connectivity index (χ0n) is 13.4. The van der Waals surface area contributed by atoms with Crippen LogP contribution in [-0.4, -0.2) is 31.3 Å². The Balaban J connectivity index is 1.75. The first-order valence-corrected chi connectivity index (χ1v) is 9.03. The van der Waals surface area contributed by atoms with E-state index >= 15 is 0 Å². The Labute approximate surface area is 135 Å². The lowest BCUT2D eigenvalue weighted by Crippen LogP contribution is -2.30. The van der Waals surface area contributed by atoms with E-state index in [1.54, 1.807) is 6.07 Å². The molecule has 1 N–H and O–H groups in total. The average molecular weight is 339 g/mol. The Morgan fingerprint density at radius 3 is 2.83 bits per heavy atom. The lowest BCUT2D eigenvalue weighted by atomic mass is 9.94. The van der Waals surface area contributed by atoms with Gasteiger partial charge in [0.25, 0.3) is 10.0 Å². The molecular formula is C15H21N3O4S. The highest BCUT2D eigenvalue weighted by molar-refractivity contribution is 7.89. The van der Waals surface area contributed by atoms with Crippen molar-refractivity contribution in [2.24, 2.45) is 13.0 Å². The van der Waals surface area contributed by atoms with Gasteiger partial charge in [-0.2, -0.15) is 5.10 Å². The first kappa shape index (κ1) is 16.2. The SMILES string of the molecule is Cc1nn(C)c(C)c1[C@H]1OCC[C@@H]1CNS(=O)(=O)c1ccco1. The first-order valence-electron chi connectivity index (χ1n) is 7.55. The Morgan fingerprint density at radius 1 is 1.43 bits per heavy atom. The summed E-state index contributed by atoms with van der Waals surface area (Å²) in [5.74, 6) is 0.0707. The van der Waals surface area contributed by atoms with Crippen molar-refractivity contribution in [2.45, 2.75) is 31.5 Å². The molecule has 2 atom stereocenters. The predicted octanol–water partition coefficient (Wildman–Crippen LogP) is 1.69. The second-order valence-corrected chi connectivity index (χ2v) is 7.53. The van der Waals surface area contributed by atoms with Crippen molar-refractivity contribution in [3.63, 3.8) is 0 Å². The number of nitrogens with zero attached hydrogens (tertiary/aromatic N) is 2. The van der Waals surface area contributed by atoms with Gasteiger partial charge in [0, 0.05) is 37.4 Å². The fraction of sp³-hybridized carbons (Fsp3) is 0.533. The van der Waals surface area contributed by atoms with Crippen LogP contribution in [0.1, 0.15) is 29.5 Å². The summed E-state index contributed by atoms with van der Waals surface area (Å²) < 4.78 is 39.6. The molecule has 0 saturated carbocycles. The third kappa shape index (κ3) is 3.06. The molecule has 3 heterocycles. The van der Waals surface area contributed by atoms with Crippen LogP contribution >= 0.6 is 0 Å². The molecule has 1 aliphatic rings. The van der Waals surface area contributed by atoms with Gasteiger partial charge in [0.15, 0.2) is 0 Å². The summed E-state index contributed by atoms with van der Waals surface area (Å²) in [6.45, 7) is 4.88. The van der Waals surface area contributed by atoms with Gasteiger partial charge in [0.05, 0.1) is 18.1 Å². The maximum Gasteiger partial charge on any atom is 0.273 e. The largest absolute Gasteiger partial charge is 0.452 e. The molecule has 0 aliphatic carbocycles. The number of furan rings is 1. The molecule has 8 heteroatoms. The van der Waals surface area contributed by atoms with Crippen molar-refractivity contribution in [1.82, 2.24) is 14.5 Å². The number of rotatable bonds is 5. The van der Waals surface area contributed by atoms with Gasteiger partial charge >= 0.3 is 0 Å². The molecule has 0 aromatic carbocycles. The summed E-state index contributed by atoms with van der Waals surface area (Å²) >= 11 is 0. The van der Waals surface area contributed by atoms with Gasteiger partial charge in [-0.15, -0.1) is 0 Å². The van der Waals surface area contributed by atoms with Gasteiger partial charge in [0.2, 0.25) is 5.09 Å². The van der Waals surface area contributed by atoms with Crippen LogP contribution in [0, 0.1) is 19.8 Å². The van der Waals surface area contributed by atoms with Gasteiger partial charge in [-0.25, -0.2) is 13.1 Å². The van der Waals surface area contributed by atoms with Crippen LogP contribution in [0.2, 0.25) is 0 Å². The Morgan fingerprint density at radius 2 is 2.22 bits per heavy atom. The topological polar surface area (TPSA) is 86.4 Å². The fourth-order valence-electron chi connectivity index (χ4n) is 3.07. The minimum absolute atomic E-state index is 0.0679. The van der Waals surface area contributed by atoms with E-state index in [1.165, 1.54) is 12.3 Å². The van der Waals surface area contributed by atoms with Crippen LogP contribution in [0.15, 0.2) is 27.9 Å². The highest BCUT2D eigenvalue weighted by Gasteiger charge is 2.34. The number of ether oxygens (including phenoxy) is 1. The second kappa shape index (κ2) is 6.10. The van der Waals surface area contributed by atoms with Gasteiger partial charge in [0.1, 0.15) is 0 Å². The van der Waals surface area contributed by atoms with E-state index in [2.05, 4.69) is 9.82 Å². The number of hydrogen-bond acceptors (Lipinski definition) is 5. The van der Waals surface area contributed by atoms with Crippen LogP contribution < -0.4 is 4.72 Å². The van der Waals surface area contributed by atoms with E-state index < -0.39 is 10.0 Å². The normalized spacial score (nSPS) is 21.9. The molecule has 0 amide bonds. The number of sulfonamides is 1. The molecule has 1 saturated heterocycles. The minimum Gasteiger partial charge on any atom is -0.452 e. The average Bonchev–Trinajstić information content (AvgIpc) is 3.20. The molecule has 7 nitrogen and oxygen atoms in total. The molecule has 0 spiro atoms. The summed E-state index contributed by atoms with van der Waals surface area (Å²) in [6.07, 6.45) is 2.01. The summed E-state index contributed by atoms with van der Waals surface area (Å²) in [6, 6.07) is 2.98. The van der Waals surface area contributed by atoms with E-state index in [0.29, 0.717) is 13.2 Å².